The van der Waals surface area contributed by atoms with Crippen LogP contribution in [0.15, 0.2) is 12.1 Å². The second-order valence-electron chi connectivity index (χ2n) is 4.67. The van der Waals surface area contributed by atoms with Crippen molar-refractivity contribution in [3.8, 4) is 5.75 Å². The second-order valence-corrected chi connectivity index (χ2v) is 5.51. The lowest BCUT2D eigenvalue weighted by atomic mass is 9.82. The van der Waals surface area contributed by atoms with Gasteiger partial charge in [-0.3, -0.25) is 0 Å². The average Bonchev–Trinajstić information content (AvgIpc) is 2.34. The number of phenols is 1. The third kappa shape index (κ3) is 2.87. The monoisotopic (exact) mass is 274 g/mol. The van der Waals surface area contributed by atoms with Crippen molar-refractivity contribution in [1.29, 1.82) is 0 Å². The van der Waals surface area contributed by atoms with Crippen LogP contribution in [0.5, 0.6) is 5.75 Å². The van der Waals surface area contributed by atoms with Gasteiger partial charge in [-0.15, -0.1) is 0 Å². The normalized spacial score (nSPS) is 19.2. The van der Waals surface area contributed by atoms with Gasteiger partial charge >= 0.3 is 0 Å². The van der Waals surface area contributed by atoms with Crippen molar-refractivity contribution in [2.75, 3.05) is 0 Å². The van der Waals surface area contributed by atoms with Gasteiger partial charge < -0.3 is 10.2 Å². The Bertz CT molecular complexity index is 401. The molecule has 0 bridgehead atoms. The Balaban J connectivity index is 2.26. The molecule has 2 N–H and O–H groups in total. The number of benzene rings is 1. The van der Waals surface area contributed by atoms with E-state index in [4.69, 9.17) is 23.2 Å². The Morgan fingerprint density at radius 3 is 2.41 bits per heavy atom. The van der Waals surface area contributed by atoms with E-state index in [0.29, 0.717) is 10.6 Å². The molecule has 4 heteroatoms. The molecule has 1 saturated carbocycles. The standard InChI is InChI=1S/C13H16Cl2O2/c14-9-6-10(13(17)11(15)7-9)12(16)8-4-2-1-3-5-8/h6-8,12,16-17H,1-5H2/t12-/m1/s1. The Labute approximate surface area is 111 Å². The maximum absolute atomic E-state index is 10.3. The fourth-order valence-electron chi connectivity index (χ4n) is 2.52. The Morgan fingerprint density at radius 2 is 1.76 bits per heavy atom. The molecular weight excluding hydrogens is 259 g/mol. The summed E-state index contributed by atoms with van der Waals surface area (Å²) in [7, 11) is 0. The zero-order valence-electron chi connectivity index (χ0n) is 9.50. The molecule has 0 amide bonds. The highest BCUT2D eigenvalue weighted by atomic mass is 35.5. The third-order valence-corrected chi connectivity index (χ3v) is 3.98. The number of aromatic hydroxyl groups is 1. The van der Waals surface area contributed by atoms with Crippen molar-refractivity contribution in [2.45, 2.75) is 38.2 Å². The zero-order valence-corrected chi connectivity index (χ0v) is 11.0. The van der Waals surface area contributed by atoms with Crippen LogP contribution in [-0.2, 0) is 0 Å². The Morgan fingerprint density at radius 1 is 1.12 bits per heavy atom. The van der Waals surface area contributed by atoms with Crippen LogP contribution in [0.2, 0.25) is 10.0 Å². The lowest BCUT2D eigenvalue weighted by molar-refractivity contribution is 0.0826. The molecule has 1 aliphatic rings. The maximum Gasteiger partial charge on any atom is 0.140 e. The highest BCUT2D eigenvalue weighted by Crippen LogP contribution is 2.41. The van der Waals surface area contributed by atoms with Gasteiger partial charge in [-0.05, 0) is 30.9 Å². The second kappa shape index (κ2) is 5.47. The average molecular weight is 275 g/mol. The van der Waals surface area contributed by atoms with Crippen LogP contribution in [0.4, 0.5) is 0 Å². The van der Waals surface area contributed by atoms with Gasteiger partial charge in [0.15, 0.2) is 0 Å². The lowest BCUT2D eigenvalue weighted by Gasteiger charge is -2.27. The Kier molecular flexibility index (Phi) is 4.18. The molecule has 1 atom stereocenters. The lowest BCUT2D eigenvalue weighted by Crippen LogP contribution is -2.16. The first-order valence-corrected chi connectivity index (χ1v) is 6.71. The number of phenolic OH excluding ortho intramolecular Hbond substituents is 1. The SMILES string of the molecule is Oc1c(Cl)cc(Cl)cc1[C@H](O)C1CCCCC1. The molecule has 0 radical (unpaired) electrons. The topological polar surface area (TPSA) is 40.5 Å². The summed E-state index contributed by atoms with van der Waals surface area (Å²) in [4.78, 5) is 0. The van der Waals surface area contributed by atoms with Crippen LogP contribution in [0.3, 0.4) is 0 Å². The van der Waals surface area contributed by atoms with E-state index >= 15 is 0 Å². The molecule has 0 aromatic heterocycles. The number of halogens is 2. The highest BCUT2D eigenvalue weighted by Gasteiger charge is 2.26. The number of hydrogen-bond acceptors (Lipinski definition) is 2. The molecule has 0 saturated heterocycles. The first-order chi connectivity index (χ1) is 8.09. The van der Waals surface area contributed by atoms with E-state index < -0.39 is 6.10 Å². The smallest absolute Gasteiger partial charge is 0.140 e. The quantitative estimate of drug-likeness (QED) is 0.844. The summed E-state index contributed by atoms with van der Waals surface area (Å²) < 4.78 is 0. The van der Waals surface area contributed by atoms with E-state index in [0.717, 1.165) is 25.7 Å². The third-order valence-electron chi connectivity index (χ3n) is 3.47. The molecule has 1 fully saturated rings. The van der Waals surface area contributed by atoms with Crippen molar-refractivity contribution in [3.05, 3.63) is 27.7 Å². The predicted octanol–water partition coefficient (Wildman–Crippen LogP) is 4.31. The van der Waals surface area contributed by atoms with Crippen LogP contribution < -0.4 is 0 Å². The van der Waals surface area contributed by atoms with Gasteiger partial charge in [0.25, 0.3) is 0 Å². The van der Waals surface area contributed by atoms with Crippen molar-refractivity contribution in [1.82, 2.24) is 0 Å². The van der Waals surface area contributed by atoms with Crippen molar-refractivity contribution in [3.63, 3.8) is 0 Å². The number of rotatable bonds is 2. The van der Waals surface area contributed by atoms with Gasteiger partial charge in [-0.1, -0.05) is 42.5 Å². The molecule has 0 aliphatic heterocycles. The van der Waals surface area contributed by atoms with Crippen molar-refractivity contribution < 1.29 is 10.2 Å². The van der Waals surface area contributed by atoms with Crippen LogP contribution in [0.25, 0.3) is 0 Å². The molecule has 1 aromatic carbocycles. The fourth-order valence-corrected chi connectivity index (χ4v) is 3.02. The van der Waals surface area contributed by atoms with Gasteiger partial charge in [0, 0.05) is 10.6 Å². The van der Waals surface area contributed by atoms with Gasteiger partial charge in [-0.2, -0.15) is 0 Å². The summed E-state index contributed by atoms with van der Waals surface area (Å²) in [6.07, 6.45) is 4.81. The summed E-state index contributed by atoms with van der Waals surface area (Å²) in [5.41, 5.74) is 0.453. The number of hydrogen-bond donors (Lipinski definition) is 2. The van der Waals surface area contributed by atoms with E-state index in [2.05, 4.69) is 0 Å². The van der Waals surface area contributed by atoms with Crippen LogP contribution in [0, 0.1) is 5.92 Å². The molecule has 0 spiro atoms. The summed E-state index contributed by atoms with van der Waals surface area (Å²) in [5, 5.41) is 20.8. The molecule has 0 heterocycles. The van der Waals surface area contributed by atoms with Crippen molar-refractivity contribution >= 4 is 23.2 Å². The summed E-state index contributed by atoms with van der Waals surface area (Å²) >= 11 is 11.8. The van der Waals surface area contributed by atoms with Gasteiger partial charge in [0.2, 0.25) is 0 Å². The van der Waals surface area contributed by atoms with Crippen LogP contribution in [-0.4, -0.2) is 10.2 Å². The van der Waals surface area contributed by atoms with E-state index in [-0.39, 0.29) is 16.7 Å². The van der Waals surface area contributed by atoms with Crippen LogP contribution in [0.1, 0.15) is 43.8 Å². The zero-order chi connectivity index (χ0) is 12.4. The molecular formula is C13H16Cl2O2. The Hall–Kier alpha value is -0.440. The van der Waals surface area contributed by atoms with E-state index in [9.17, 15) is 10.2 Å². The van der Waals surface area contributed by atoms with Crippen LogP contribution >= 0.6 is 23.2 Å². The van der Waals surface area contributed by atoms with E-state index in [1.807, 2.05) is 0 Å². The van der Waals surface area contributed by atoms with E-state index in [1.54, 1.807) is 6.07 Å². The predicted molar refractivity (Wildman–Crippen MR) is 69.7 cm³/mol. The van der Waals surface area contributed by atoms with E-state index in [1.165, 1.54) is 12.5 Å². The molecule has 1 aliphatic carbocycles. The largest absolute Gasteiger partial charge is 0.506 e. The summed E-state index contributed by atoms with van der Waals surface area (Å²) in [6.45, 7) is 0. The number of aliphatic hydroxyl groups excluding tert-OH is 1. The van der Waals surface area contributed by atoms with Gasteiger partial charge in [-0.25, -0.2) is 0 Å². The highest BCUT2D eigenvalue weighted by molar-refractivity contribution is 6.35. The van der Waals surface area contributed by atoms with Gasteiger partial charge in [0.1, 0.15) is 5.75 Å². The molecule has 17 heavy (non-hydrogen) atoms. The summed E-state index contributed by atoms with van der Waals surface area (Å²) in [5.74, 6) is 0.151. The molecule has 94 valence electrons. The molecule has 2 rings (SSSR count). The molecule has 1 aromatic rings. The molecule has 2 nitrogen and oxygen atoms in total. The summed E-state index contributed by atoms with van der Waals surface area (Å²) in [6, 6.07) is 3.08. The molecule has 0 unspecified atom stereocenters. The first-order valence-electron chi connectivity index (χ1n) is 5.95. The van der Waals surface area contributed by atoms with Crippen molar-refractivity contribution in [2.24, 2.45) is 5.92 Å². The minimum Gasteiger partial charge on any atom is -0.506 e. The first kappa shape index (κ1) is 13.0. The minimum atomic E-state index is -0.675. The number of aliphatic hydroxyl groups is 1. The van der Waals surface area contributed by atoms with Gasteiger partial charge in [0.05, 0.1) is 11.1 Å². The fraction of sp³-hybridized carbons (Fsp3) is 0.538. The minimum absolute atomic E-state index is 0.0471. The maximum atomic E-state index is 10.3.